The fourth-order valence-electron chi connectivity index (χ4n) is 2.35. The normalized spacial score (nSPS) is 11.1. The van der Waals surface area contributed by atoms with Crippen LogP contribution in [-0.4, -0.2) is 10.4 Å². The van der Waals surface area contributed by atoms with Crippen LogP contribution in [0.3, 0.4) is 0 Å². The molecule has 20 heavy (non-hydrogen) atoms. The Balaban J connectivity index is 1.66. The van der Waals surface area contributed by atoms with Crippen molar-refractivity contribution in [3.8, 4) is 0 Å². The fourth-order valence-corrected chi connectivity index (χ4v) is 3.28. The second-order valence-corrected chi connectivity index (χ2v) is 6.04. The van der Waals surface area contributed by atoms with E-state index in [-0.39, 0.29) is 5.78 Å². The van der Waals surface area contributed by atoms with E-state index in [9.17, 15) is 4.79 Å². The molecule has 0 aliphatic rings. The lowest BCUT2D eigenvalue weighted by Crippen LogP contribution is -2.01. The zero-order valence-corrected chi connectivity index (χ0v) is 12.5. The summed E-state index contributed by atoms with van der Waals surface area (Å²) in [6, 6.07) is 11.7. The van der Waals surface area contributed by atoms with Gasteiger partial charge in [0.15, 0.2) is 5.78 Å². The lowest BCUT2D eigenvalue weighted by Gasteiger charge is -2.05. The number of carbonyl (C=O) groups is 1. The Labute approximate surface area is 126 Å². The third-order valence-electron chi connectivity index (χ3n) is 3.36. The van der Waals surface area contributed by atoms with Gasteiger partial charge in [0.1, 0.15) is 0 Å². The molecule has 0 unspecified atom stereocenters. The molecule has 0 fully saturated rings. The summed E-state index contributed by atoms with van der Waals surface area (Å²) in [7, 11) is 0. The maximum atomic E-state index is 11.9. The molecule has 0 aliphatic heterocycles. The average molecular weight is 304 g/mol. The number of thiophene rings is 1. The number of fused-ring (bicyclic) bond motifs is 1. The highest BCUT2D eigenvalue weighted by Crippen LogP contribution is 2.24. The highest BCUT2D eigenvalue weighted by Gasteiger charge is 2.08. The van der Waals surface area contributed by atoms with Gasteiger partial charge in [-0.3, -0.25) is 4.79 Å². The number of Topliss-reactive ketones (excluding diaryl/α,β-unsaturated/α-hetero) is 1. The van der Waals surface area contributed by atoms with Gasteiger partial charge in [-0.05, 0) is 36.1 Å². The van der Waals surface area contributed by atoms with Gasteiger partial charge in [-0.15, -0.1) is 11.3 Å². The number of hydrogen-bond donors (Lipinski definition) is 0. The van der Waals surface area contributed by atoms with Crippen LogP contribution in [0.25, 0.3) is 10.9 Å². The monoisotopic (exact) mass is 303 g/mol. The molecule has 0 saturated carbocycles. The SMILES string of the molecule is O=C(CCCn1ccc2c(Cl)cccc21)c1cccs1. The van der Waals surface area contributed by atoms with E-state index in [1.807, 2.05) is 41.9 Å². The standard InChI is InChI=1S/C16H14ClNOS/c17-13-4-1-5-14-12(13)8-10-18(14)9-2-6-15(19)16-7-3-11-20-16/h1,3-5,7-8,10-11H,2,6,9H2. The molecule has 0 aliphatic carbocycles. The van der Waals surface area contributed by atoms with Gasteiger partial charge < -0.3 is 4.57 Å². The summed E-state index contributed by atoms with van der Waals surface area (Å²) in [6.07, 6.45) is 3.46. The lowest BCUT2D eigenvalue weighted by molar-refractivity contribution is 0.0982. The van der Waals surface area contributed by atoms with E-state index in [0.29, 0.717) is 6.42 Å². The minimum atomic E-state index is 0.231. The molecule has 2 aromatic heterocycles. The number of nitrogens with zero attached hydrogens (tertiary/aromatic N) is 1. The van der Waals surface area contributed by atoms with Crippen molar-refractivity contribution in [2.24, 2.45) is 0 Å². The number of rotatable bonds is 5. The van der Waals surface area contributed by atoms with Gasteiger partial charge in [0.2, 0.25) is 0 Å². The van der Waals surface area contributed by atoms with E-state index in [4.69, 9.17) is 11.6 Å². The molecule has 2 heterocycles. The first-order valence-electron chi connectivity index (χ1n) is 6.56. The molecule has 0 bridgehead atoms. The molecular weight excluding hydrogens is 290 g/mol. The molecule has 4 heteroatoms. The van der Waals surface area contributed by atoms with Crippen LogP contribution in [0.15, 0.2) is 48.0 Å². The number of hydrogen-bond acceptors (Lipinski definition) is 2. The Hall–Kier alpha value is -1.58. The maximum Gasteiger partial charge on any atom is 0.172 e. The van der Waals surface area contributed by atoms with E-state index < -0.39 is 0 Å². The smallest absolute Gasteiger partial charge is 0.172 e. The zero-order chi connectivity index (χ0) is 13.9. The second-order valence-electron chi connectivity index (χ2n) is 4.69. The molecule has 0 N–H and O–H groups in total. The Morgan fingerprint density at radius 3 is 2.90 bits per heavy atom. The molecule has 3 rings (SSSR count). The van der Waals surface area contributed by atoms with Crippen LogP contribution in [0.2, 0.25) is 5.02 Å². The van der Waals surface area contributed by atoms with Crippen LogP contribution < -0.4 is 0 Å². The van der Waals surface area contributed by atoms with E-state index in [0.717, 1.165) is 33.8 Å². The molecule has 102 valence electrons. The highest BCUT2D eigenvalue weighted by atomic mass is 35.5. The van der Waals surface area contributed by atoms with Gasteiger partial charge in [0.05, 0.1) is 4.88 Å². The van der Waals surface area contributed by atoms with Crippen molar-refractivity contribution in [2.45, 2.75) is 19.4 Å². The molecule has 1 aromatic carbocycles. The largest absolute Gasteiger partial charge is 0.347 e. The molecular formula is C16H14ClNOS. The number of aryl methyl sites for hydroxylation is 1. The molecule has 0 amide bonds. The summed E-state index contributed by atoms with van der Waals surface area (Å²) in [4.78, 5) is 12.8. The number of aromatic nitrogens is 1. The first-order valence-corrected chi connectivity index (χ1v) is 7.81. The van der Waals surface area contributed by atoms with Crippen LogP contribution in [0, 0.1) is 0 Å². The zero-order valence-electron chi connectivity index (χ0n) is 10.9. The Morgan fingerprint density at radius 2 is 2.10 bits per heavy atom. The molecule has 0 spiro atoms. The minimum absolute atomic E-state index is 0.231. The number of halogens is 1. The summed E-state index contributed by atoms with van der Waals surface area (Å²) < 4.78 is 2.16. The molecule has 0 saturated heterocycles. The summed E-state index contributed by atoms with van der Waals surface area (Å²) in [5.74, 6) is 0.231. The van der Waals surface area contributed by atoms with Gasteiger partial charge in [-0.25, -0.2) is 0 Å². The van der Waals surface area contributed by atoms with Crippen LogP contribution >= 0.6 is 22.9 Å². The third-order valence-corrected chi connectivity index (χ3v) is 4.60. The van der Waals surface area contributed by atoms with Gasteiger partial charge >= 0.3 is 0 Å². The Bertz CT molecular complexity index is 730. The third kappa shape index (κ3) is 2.65. The summed E-state index contributed by atoms with van der Waals surface area (Å²) in [6.45, 7) is 0.834. The molecule has 0 radical (unpaired) electrons. The van der Waals surface area contributed by atoms with Crippen molar-refractivity contribution in [2.75, 3.05) is 0 Å². The van der Waals surface area contributed by atoms with Crippen LogP contribution in [0.1, 0.15) is 22.5 Å². The first kappa shape index (κ1) is 13.4. The topological polar surface area (TPSA) is 22.0 Å². The average Bonchev–Trinajstić information content (AvgIpc) is 3.09. The van der Waals surface area contributed by atoms with Crippen LogP contribution in [0.5, 0.6) is 0 Å². The fraction of sp³-hybridized carbons (Fsp3) is 0.188. The van der Waals surface area contributed by atoms with Crippen molar-refractivity contribution in [1.29, 1.82) is 0 Å². The van der Waals surface area contributed by atoms with E-state index in [1.54, 1.807) is 0 Å². The van der Waals surface area contributed by atoms with E-state index in [1.165, 1.54) is 11.3 Å². The van der Waals surface area contributed by atoms with Gasteiger partial charge in [-0.2, -0.15) is 0 Å². The van der Waals surface area contributed by atoms with Gasteiger partial charge in [0, 0.05) is 35.1 Å². The summed E-state index contributed by atoms with van der Waals surface area (Å²) in [5.41, 5.74) is 1.13. The highest BCUT2D eigenvalue weighted by molar-refractivity contribution is 7.12. The van der Waals surface area contributed by atoms with E-state index >= 15 is 0 Å². The van der Waals surface area contributed by atoms with Crippen LogP contribution in [0.4, 0.5) is 0 Å². The molecule has 2 nitrogen and oxygen atoms in total. The second kappa shape index (κ2) is 5.81. The number of carbonyl (C=O) groups excluding carboxylic acids is 1. The summed E-state index contributed by atoms with van der Waals surface area (Å²) >= 11 is 7.67. The predicted molar refractivity (Wildman–Crippen MR) is 84.8 cm³/mol. The quantitative estimate of drug-likeness (QED) is 0.607. The van der Waals surface area contributed by atoms with E-state index in [2.05, 4.69) is 10.6 Å². The number of ketones is 1. The lowest BCUT2D eigenvalue weighted by atomic mass is 10.2. The van der Waals surface area contributed by atoms with Crippen molar-refractivity contribution < 1.29 is 4.79 Å². The minimum Gasteiger partial charge on any atom is -0.347 e. The van der Waals surface area contributed by atoms with Crippen LogP contribution in [-0.2, 0) is 6.54 Å². The Kier molecular flexibility index (Phi) is 3.90. The summed E-state index contributed by atoms with van der Waals surface area (Å²) in [5, 5.41) is 3.78. The van der Waals surface area contributed by atoms with Gasteiger partial charge in [-0.1, -0.05) is 23.7 Å². The van der Waals surface area contributed by atoms with Gasteiger partial charge in [0.25, 0.3) is 0 Å². The maximum absolute atomic E-state index is 11.9. The van der Waals surface area contributed by atoms with Crippen molar-refractivity contribution in [1.82, 2.24) is 4.57 Å². The molecule has 0 atom stereocenters. The predicted octanol–water partition coefficient (Wildman–Crippen LogP) is 5.02. The van der Waals surface area contributed by atoms with Crippen molar-refractivity contribution >= 4 is 39.6 Å². The Morgan fingerprint density at radius 1 is 1.20 bits per heavy atom. The first-order chi connectivity index (χ1) is 9.75. The molecule has 3 aromatic rings. The van der Waals surface area contributed by atoms with Crippen molar-refractivity contribution in [3.05, 3.63) is 57.9 Å². The number of benzene rings is 1. The van der Waals surface area contributed by atoms with Crippen molar-refractivity contribution in [3.63, 3.8) is 0 Å².